The molecule has 0 spiro atoms. The summed E-state index contributed by atoms with van der Waals surface area (Å²) in [5.74, 6) is -2.59. The highest BCUT2D eigenvalue weighted by Gasteiger charge is 2.22. The number of benzene rings is 2. The fraction of sp³-hybridized carbons (Fsp3) is 0.158. The fourth-order valence-corrected chi connectivity index (χ4v) is 3.09. The molecule has 1 aliphatic rings. The van der Waals surface area contributed by atoms with Gasteiger partial charge in [0.15, 0.2) is 17.5 Å². The summed E-state index contributed by atoms with van der Waals surface area (Å²) in [4.78, 5) is 10.7. The van der Waals surface area contributed by atoms with Crippen LogP contribution in [0.2, 0.25) is 0 Å². The van der Waals surface area contributed by atoms with Crippen LogP contribution in [0.3, 0.4) is 0 Å². The van der Waals surface area contributed by atoms with E-state index in [1.165, 1.54) is 5.56 Å². The molecule has 0 radical (unpaired) electrons. The van der Waals surface area contributed by atoms with E-state index in [2.05, 4.69) is 26.3 Å². The summed E-state index contributed by atoms with van der Waals surface area (Å²) in [7, 11) is 0. The number of rotatable bonds is 3. The van der Waals surface area contributed by atoms with Gasteiger partial charge in [0.1, 0.15) is 17.5 Å². The average molecular weight is 356 g/mol. The Hall–Kier alpha value is -3.09. The summed E-state index contributed by atoms with van der Waals surface area (Å²) in [6, 6.07) is 11.7. The number of nitrogens with one attached hydrogen (secondary N) is 1. The number of halogens is 3. The lowest BCUT2D eigenvalue weighted by Crippen LogP contribution is -2.16. The fourth-order valence-electron chi connectivity index (χ4n) is 3.09. The predicted octanol–water partition coefficient (Wildman–Crippen LogP) is 4.64. The summed E-state index contributed by atoms with van der Waals surface area (Å²) in [5, 5.41) is 2.71. The first kappa shape index (κ1) is 16.4. The first-order valence-electron chi connectivity index (χ1n) is 8.14. The molecule has 132 valence electrons. The predicted molar refractivity (Wildman–Crippen MR) is 93.5 cm³/mol. The van der Waals surface area contributed by atoms with Gasteiger partial charge in [-0.2, -0.15) is 0 Å². The van der Waals surface area contributed by atoms with Gasteiger partial charge in [0, 0.05) is 18.3 Å². The molecule has 0 saturated carbocycles. The van der Waals surface area contributed by atoms with Gasteiger partial charge in [-0.3, -0.25) is 0 Å². The van der Waals surface area contributed by atoms with E-state index in [0.717, 1.165) is 30.8 Å². The third kappa shape index (κ3) is 2.85. The molecule has 4 rings (SSSR count). The van der Waals surface area contributed by atoms with Gasteiger partial charge in [0.2, 0.25) is 0 Å². The Balaban J connectivity index is 1.69. The minimum atomic E-state index is -1.52. The zero-order valence-electron chi connectivity index (χ0n) is 13.9. The zero-order valence-corrected chi connectivity index (χ0v) is 13.9. The molecule has 1 N–H and O–H groups in total. The van der Waals surface area contributed by atoms with Crippen molar-refractivity contribution in [3.63, 3.8) is 0 Å². The maximum absolute atomic E-state index is 13.9. The molecule has 0 amide bonds. The van der Waals surface area contributed by atoms with Crippen molar-refractivity contribution in [2.45, 2.75) is 13.3 Å². The van der Waals surface area contributed by atoms with Gasteiger partial charge in [-0.15, -0.1) is 0 Å². The van der Waals surface area contributed by atoms with Gasteiger partial charge in [-0.05, 0) is 37.1 Å². The molecule has 0 fully saturated rings. The summed E-state index contributed by atoms with van der Waals surface area (Å²) < 4.78 is 40.4. The standard InChI is InChI=1S/C19H15F3N4/c1-11-23-16(25-14-7-6-13(20)18(21)19(14)22)10-17(24-11)26-9-8-12-4-2-3-5-15(12)26/h2-7,10H,8-9H2,1H3,(H,23,24,25). The first-order valence-corrected chi connectivity index (χ1v) is 8.14. The van der Waals surface area contributed by atoms with Crippen LogP contribution >= 0.6 is 0 Å². The number of nitrogens with zero attached hydrogens (tertiary/aromatic N) is 3. The molecule has 0 atom stereocenters. The molecule has 26 heavy (non-hydrogen) atoms. The molecule has 1 aromatic heterocycles. The molecule has 7 heteroatoms. The number of aryl methyl sites for hydroxylation is 1. The van der Waals surface area contributed by atoms with E-state index in [-0.39, 0.29) is 5.69 Å². The van der Waals surface area contributed by atoms with Gasteiger partial charge in [0.05, 0.1) is 5.69 Å². The Morgan fingerprint density at radius 1 is 1.00 bits per heavy atom. The van der Waals surface area contributed by atoms with E-state index >= 15 is 0 Å². The normalized spacial score (nSPS) is 13.0. The lowest BCUT2D eigenvalue weighted by molar-refractivity contribution is 0.449. The Morgan fingerprint density at radius 2 is 1.81 bits per heavy atom. The number of hydrogen-bond donors (Lipinski definition) is 1. The molecule has 4 nitrogen and oxygen atoms in total. The zero-order chi connectivity index (χ0) is 18.3. The van der Waals surface area contributed by atoms with Gasteiger partial charge in [-0.1, -0.05) is 18.2 Å². The van der Waals surface area contributed by atoms with Gasteiger partial charge in [0.25, 0.3) is 0 Å². The first-order chi connectivity index (χ1) is 12.5. The SMILES string of the molecule is Cc1nc(Nc2ccc(F)c(F)c2F)cc(N2CCc3ccccc32)n1. The molecule has 0 unspecified atom stereocenters. The van der Waals surface area contributed by atoms with Crippen LogP contribution < -0.4 is 10.2 Å². The van der Waals surface area contributed by atoms with Crippen molar-refractivity contribution in [2.24, 2.45) is 0 Å². The van der Waals surface area contributed by atoms with Crippen molar-refractivity contribution >= 4 is 23.0 Å². The smallest absolute Gasteiger partial charge is 0.196 e. The van der Waals surface area contributed by atoms with Crippen LogP contribution in [-0.4, -0.2) is 16.5 Å². The molecule has 3 aromatic rings. The monoisotopic (exact) mass is 356 g/mol. The number of fused-ring (bicyclic) bond motifs is 1. The van der Waals surface area contributed by atoms with E-state index in [4.69, 9.17) is 0 Å². The highest BCUT2D eigenvalue weighted by atomic mass is 19.2. The second-order valence-corrected chi connectivity index (χ2v) is 6.04. The number of hydrogen-bond acceptors (Lipinski definition) is 4. The lowest BCUT2D eigenvalue weighted by atomic mass is 10.2. The quantitative estimate of drug-likeness (QED) is 0.694. The van der Waals surface area contributed by atoms with E-state index in [1.54, 1.807) is 13.0 Å². The molecule has 1 aliphatic heterocycles. The summed E-state index contributed by atoms with van der Waals surface area (Å²) >= 11 is 0. The third-order valence-corrected chi connectivity index (χ3v) is 4.29. The van der Waals surface area contributed by atoms with Crippen LogP contribution in [-0.2, 0) is 6.42 Å². The second kappa shape index (κ2) is 6.33. The minimum absolute atomic E-state index is 0.185. The van der Waals surface area contributed by atoms with Gasteiger partial charge < -0.3 is 10.2 Å². The van der Waals surface area contributed by atoms with Crippen LogP contribution in [0.1, 0.15) is 11.4 Å². The maximum Gasteiger partial charge on any atom is 0.196 e. The maximum atomic E-state index is 13.9. The van der Waals surface area contributed by atoms with Crippen molar-refractivity contribution in [1.82, 2.24) is 9.97 Å². The van der Waals surface area contributed by atoms with Crippen LogP contribution in [0.5, 0.6) is 0 Å². The van der Waals surface area contributed by atoms with E-state index < -0.39 is 17.5 Å². The van der Waals surface area contributed by atoms with E-state index in [1.807, 2.05) is 18.2 Å². The highest BCUT2D eigenvalue weighted by molar-refractivity contribution is 5.70. The van der Waals surface area contributed by atoms with Crippen molar-refractivity contribution in [1.29, 1.82) is 0 Å². The van der Waals surface area contributed by atoms with E-state index in [0.29, 0.717) is 17.5 Å². The Bertz CT molecular complexity index is 991. The number of para-hydroxylation sites is 1. The Kier molecular flexibility index (Phi) is 3.99. The molecule has 2 heterocycles. The highest BCUT2D eigenvalue weighted by Crippen LogP contribution is 2.34. The topological polar surface area (TPSA) is 41.1 Å². The van der Waals surface area contributed by atoms with Gasteiger partial charge >= 0.3 is 0 Å². The molecular weight excluding hydrogens is 341 g/mol. The minimum Gasteiger partial charge on any atom is -0.338 e. The van der Waals surface area contributed by atoms with Crippen molar-refractivity contribution in [3.05, 3.63) is 71.3 Å². The largest absolute Gasteiger partial charge is 0.338 e. The Morgan fingerprint density at radius 3 is 2.65 bits per heavy atom. The van der Waals surface area contributed by atoms with Crippen molar-refractivity contribution < 1.29 is 13.2 Å². The molecule has 0 bridgehead atoms. The third-order valence-electron chi connectivity index (χ3n) is 4.29. The van der Waals surface area contributed by atoms with E-state index in [9.17, 15) is 13.2 Å². The Labute approximate surface area is 148 Å². The van der Waals surface area contributed by atoms with Crippen molar-refractivity contribution in [2.75, 3.05) is 16.8 Å². The van der Waals surface area contributed by atoms with Crippen LogP contribution in [0.25, 0.3) is 0 Å². The number of aromatic nitrogens is 2. The van der Waals surface area contributed by atoms with Crippen LogP contribution in [0.4, 0.5) is 36.2 Å². The number of anilines is 4. The lowest BCUT2D eigenvalue weighted by Gasteiger charge is -2.19. The summed E-state index contributed by atoms with van der Waals surface area (Å²) in [5.41, 5.74) is 2.11. The molecule has 0 aliphatic carbocycles. The summed E-state index contributed by atoms with van der Waals surface area (Å²) in [6.07, 6.45) is 0.903. The van der Waals surface area contributed by atoms with Gasteiger partial charge in [-0.25, -0.2) is 23.1 Å². The van der Waals surface area contributed by atoms with Crippen molar-refractivity contribution in [3.8, 4) is 0 Å². The second-order valence-electron chi connectivity index (χ2n) is 6.04. The average Bonchev–Trinajstić information content (AvgIpc) is 3.06. The summed E-state index contributed by atoms with van der Waals surface area (Å²) in [6.45, 7) is 2.49. The molecular formula is C19H15F3N4. The molecule has 2 aromatic carbocycles. The van der Waals surface area contributed by atoms with Crippen LogP contribution in [0, 0.1) is 24.4 Å². The van der Waals surface area contributed by atoms with Crippen LogP contribution in [0.15, 0.2) is 42.5 Å². The molecule has 0 saturated heterocycles.